The number of nitrogens with zero attached hydrogens (tertiary/aromatic N) is 1. The van der Waals surface area contributed by atoms with Gasteiger partial charge < -0.3 is 15.4 Å². The predicted molar refractivity (Wildman–Crippen MR) is 110 cm³/mol. The third-order valence-corrected chi connectivity index (χ3v) is 6.84. The lowest BCUT2D eigenvalue weighted by molar-refractivity contribution is -0.124. The molecule has 9 heteroatoms. The Morgan fingerprint density at radius 3 is 2.38 bits per heavy atom. The first kappa shape index (κ1) is 23.3. The first-order valence-electron chi connectivity index (χ1n) is 9.96. The van der Waals surface area contributed by atoms with Crippen LogP contribution < -0.4 is 10.6 Å². The standard InChI is InChI=1S/C20H31N3O5S/c1-5-15(4)21-20(25)18(14(2)3)22-19(24)16-7-6-8-17(13-16)29(26,27)23-9-11-28-12-10-23/h6-8,13-15,18H,5,9-12H2,1-4H3,(H,21,25)(H,22,24). The highest BCUT2D eigenvalue weighted by atomic mass is 32.2. The van der Waals surface area contributed by atoms with Crippen LogP contribution in [0.1, 0.15) is 44.5 Å². The van der Waals surface area contributed by atoms with E-state index >= 15 is 0 Å². The molecule has 0 saturated carbocycles. The number of benzene rings is 1. The molecule has 1 aliphatic heterocycles. The fourth-order valence-electron chi connectivity index (χ4n) is 2.93. The Morgan fingerprint density at radius 2 is 1.79 bits per heavy atom. The van der Waals surface area contributed by atoms with Gasteiger partial charge in [-0.3, -0.25) is 9.59 Å². The molecule has 1 heterocycles. The maximum absolute atomic E-state index is 12.8. The lowest BCUT2D eigenvalue weighted by atomic mass is 10.0. The SMILES string of the molecule is CCC(C)NC(=O)C(NC(=O)c1cccc(S(=O)(=O)N2CCOCC2)c1)C(C)C. The van der Waals surface area contributed by atoms with Gasteiger partial charge in [0, 0.05) is 24.7 Å². The minimum Gasteiger partial charge on any atom is -0.379 e. The minimum atomic E-state index is -3.70. The zero-order valence-corrected chi connectivity index (χ0v) is 18.3. The number of rotatable bonds is 8. The average Bonchev–Trinajstić information content (AvgIpc) is 2.72. The Hall–Kier alpha value is -1.97. The summed E-state index contributed by atoms with van der Waals surface area (Å²) < 4.78 is 32.2. The molecule has 1 aromatic rings. The van der Waals surface area contributed by atoms with Crippen molar-refractivity contribution in [1.82, 2.24) is 14.9 Å². The van der Waals surface area contributed by atoms with Crippen molar-refractivity contribution in [3.05, 3.63) is 29.8 Å². The lowest BCUT2D eigenvalue weighted by Crippen LogP contribution is -2.51. The van der Waals surface area contributed by atoms with Crippen LogP contribution in [0.2, 0.25) is 0 Å². The van der Waals surface area contributed by atoms with E-state index in [-0.39, 0.29) is 41.4 Å². The summed E-state index contributed by atoms with van der Waals surface area (Å²) in [6.07, 6.45) is 0.784. The van der Waals surface area contributed by atoms with Crippen molar-refractivity contribution in [2.45, 2.75) is 51.1 Å². The maximum Gasteiger partial charge on any atom is 0.251 e. The molecule has 0 radical (unpaired) electrons. The Morgan fingerprint density at radius 1 is 1.14 bits per heavy atom. The second-order valence-electron chi connectivity index (χ2n) is 7.56. The van der Waals surface area contributed by atoms with Gasteiger partial charge in [-0.15, -0.1) is 0 Å². The highest BCUT2D eigenvalue weighted by molar-refractivity contribution is 7.89. The summed E-state index contributed by atoms with van der Waals surface area (Å²) in [5.41, 5.74) is 0.196. The molecule has 2 atom stereocenters. The zero-order chi connectivity index (χ0) is 21.6. The van der Waals surface area contributed by atoms with Gasteiger partial charge in [0.2, 0.25) is 15.9 Å². The number of amides is 2. The summed E-state index contributed by atoms with van der Waals surface area (Å²) in [5.74, 6) is -0.856. The van der Waals surface area contributed by atoms with Crippen LogP contribution >= 0.6 is 0 Å². The molecule has 1 aromatic carbocycles. The van der Waals surface area contributed by atoms with Crippen molar-refractivity contribution in [2.75, 3.05) is 26.3 Å². The summed E-state index contributed by atoms with van der Waals surface area (Å²) in [6, 6.07) is 5.18. The molecule has 2 N–H and O–H groups in total. The Balaban J connectivity index is 2.18. The van der Waals surface area contributed by atoms with Crippen molar-refractivity contribution < 1.29 is 22.7 Å². The monoisotopic (exact) mass is 425 g/mol. The molecule has 0 aliphatic carbocycles. The number of hydrogen-bond donors (Lipinski definition) is 2. The Kier molecular flexibility index (Phi) is 8.18. The molecule has 2 unspecified atom stereocenters. The number of nitrogens with one attached hydrogen (secondary N) is 2. The van der Waals surface area contributed by atoms with E-state index in [1.165, 1.54) is 28.6 Å². The van der Waals surface area contributed by atoms with E-state index in [0.29, 0.717) is 13.2 Å². The van der Waals surface area contributed by atoms with Gasteiger partial charge in [-0.05, 0) is 37.5 Å². The fraction of sp³-hybridized carbons (Fsp3) is 0.600. The van der Waals surface area contributed by atoms with Crippen LogP contribution in [0, 0.1) is 5.92 Å². The second kappa shape index (κ2) is 10.2. The topological polar surface area (TPSA) is 105 Å². The number of carbonyl (C=O) groups excluding carboxylic acids is 2. The third-order valence-electron chi connectivity index (χ3n) is 4.94. The number of morpholine rings is 1. The van der Waals surface area contributed by atoms with Gasteiger partial charge >= 0.3 is 0 Å². The molecule has 1 fully saturated rings. The van der Waals surface area contributed by atoms with Crippen molar-refractivity contribution in [3.63, 3.8) is 0 Å². The zero-order valence-electron chi connectivity index (χ0n) is 17.5. The number of ether oxygens (including phenoxy) is 1. The molecular weight excluding hydrogens is 394 g/mol. The van der Waals surface area contributed by atoms with Crippen molar-refractivity contribution in [3.8, 4) is 0 Å². The number of sulfonamides is 1. The van der Waals surface area contributed by atoms with Crippen LogP contribution in [0.3, 0.4) is 0 Å². The predicted octanol–water partition coefficient (Wildman–Crippen LogP) is 1.38. The Labute approximate surface area is 173 Å². The Bertz CT molecular complexity index is 819. The largest absolute Gasteiger partial charge is 0.379 e. The van der Waals surface area contributed by atoms with Crippen LogP contribution in [-0.2, 0) is 19.6 Å². The molecule has 162 valence electrons. The van der Waals surface area contributed by atoms with Crippen molar-refractivity contribution in [1.29, 1.82) is 0 Å². The van der Waals surface area contributed by atoms with E-state index < -0.39 is 22.0 Å². The highest BCUT2D eigenvalue weighted by Crippen LogP contribution is 2.18. The van der Waals surface area contributed by atoms with Crippen molar-refractivity contribution in [2.24, 2.45) is 5.92 Å². The summed E-state index contributed by atoms with van der Waals surface area (Å²) in [4.78, 5) is 25.3. The lowest BCUT2D eigenvalue weighted by Gasteiger charge is -2.26. The second-order valence-corrected chi connectivity index (χ2v) is 9.50. The van der Waals surface area contributed by atoms with E-state index in [2.05, 4.69) is 10.6 Å². The molecule has 2 rings (SSSR count). The van der Waals surface area contributed by atoms with E-state index in [0.717, 1.165) is 6.42 Å². The van der Waals surface area contributed by atoms with Gasteiger partial charge in [0.1, 0.15) is 6.04 Å². The van der Waals surface area contributed by atoms with Gasteiger partial charge in [0.15, 0.2) is 0 Å². The van der Waals surface area contributed by atoms with Gasteiger partial charge in [-0.1, -0.05) is 26.8 Å². The van der Waals surface area contributed by atoms with Crippen molar-refractivity contribution >= 4 is 21.8 Å². The van der Waals surface area contributed by atoms with E-state index in [9.17, 15) is 18.0 Å². The van der Waals surface area contributed by atoms with Gasteiger partial charge in [0.05, 0.1) is 18.1 Å². The molecule has 1 saturated heterocycles. The van der Waals surface area contributed by atoms with E-state index in [4.69, 9.17) is 4.74 Å². The van der Waals surface area contributed by atoms with Crippen LogP contribution in [0.4, 0.5) is 0 Å². The highest BCUT2D eigenvalue weighted by Gasteiger charge is 2.28. The van der Waals surface area contributed by atoms with Crippen LogP contribution in [0.25, 0.3) is 0 Å². The van der Waals surface area contributed by atoms with Gasteiger partial charge in [-0.2, -0.15) is 4.31 Å². The van der Waals surface area contributed by atoms with E-state index in [1.807, 2.05) is 27.7 Å². The molecule has 8 nitrogen and oxygen atoms in total. The first-order chi connectivity index (χ1) is 13.7. The van der Waals surface area contributed by atoms with E-state index in [1.54, 1.807) is 0 Å². The molecule has 1 aliphatic rings. The quantitative estimate of drug-likeness (QED) is 0.655. The van der Waals surface area contributed by atoms with Gasteiger partial charge in [-0.25, -0.2) is 8.42 Å². The summed E-state index contributed by atoms with van der Waals surface area (Å²) in [5, 5.41) is 5.62. The molecular formula is C20H31N3O5S. The smallest absolute Gasteiger partial charge is 0.251 e. The first-order valence-corrected chi connectivity index (χ1v) is 11.4. The molecule has 29 heavy (non-hydrogen) atoms. The summed E-state index contributed by atoms with van der Waals surface area (Å²) in [7, 11) is -3.70. The molecule has 0 bridgehead atoms. The minimum absolute atomic E-state index is 0.00245. The molecule has 0 aromatic heterocycles. The van der Waals surface area contributed by atoms with Gasteiger partial charge in [0.25, 0.3) is 5.91 Å². The molecule has 2 amide bonds. The number of carbonyl (C=O) groups is 2. The van der Waals surface area contributed by atoms with Crippen LogP contribution in [-0.4, -0.2) is 62.9 Å². The fourth-order valence-corrected chi connectivity index (χ4v) is 4.38. The third kappa shape index (κ3) is 6.01. The number of hydrogen-bond acceptors (Lipinski definition) is 5. The van der Waals surface area contributed by atoms with Crippen LogP contribution in [0.5, 0.6) is 0 Å². The van der Waals surface area contributed by atoms with Crippen LogP contribution in [0.15, 0.2) is 29.2 Å². The summed E-state index contributed by atoms with van der Waals surface area (Å²) in [6.45, 7) is 8.82. The normalized spacial score (nSPS) is 17.6. The average molecular weight is 426 g/mol. The maximum atomic E-state index is 12.8. The summed E-state index contributed by atoms with van der Waals surface area (Å²) >= 11 is 0. The molecule has 0 spiro atoms.